The van der Waals surface area contributed by atoms with Gasteiger partial charge in [-0.05, 0) is 17.5 Å². The molecule has 9 heteroatoms. The minimum absolute atomic E-state index is 0.124. The first-order valence-electron chi connectivity index (χ1n) is 6.07. The number of nitrogens with zero attached hydrogens (tertiary/aromatic N) is 6. The molecule has 0 bridgehead atoms. The van der Waals surface area contributed by atoms with Crippen LogP contribution in [0.1, 0.15) is 5.89 Å². The van der Waals surface area contributed by atoms with Crippen molar-refractivity contribution in [2.45, 2.75) is 6.54 Å². The molecule has 0 fully saturated rings. The van der Waals surface area contributed by atoms with Crippen molar-refractivity contribution in [2.75, 3.05) is 0 Å². The van der Waals surface area contributed by atoms with Crippen molar-refractivity contribution in [1.29, 1.82) is 0 Å². The Morgan fingerprint density at radius 2 is 2.24 bits per heavy atom. The van der Waals surface area contributed by atoms with Gasteiger partial charge >= 0.3 is 0 Å². The van der Waals surface area contributed by atoms with Gasteiger partial charge in [-0.1, -0.05) is 11.2 Å². The van der Waals surface area contributed by atoms with Crippen LogP contribution in [0.2, 0.25) is 0 Å². The molecule has 0 aliphatic carbocycles. The van der Waals surface area contributed by atoms with Crippen LogP contribution in [0.15, 0.2) is 45.4 Å². The van der Waals surface area contributed by atoms with Gasteiger partial charge in [0.05, 0.1) is 11.1 Å². The molecule has 0 aromatic carbocycles. The van der Waals surface area contributed by atoms with Crippen LogP contribution in [-0.2, 0) is 6.54 Å². The van der Waals surface area contributed by atoms with Gasteiger partial charge < -0.3 is 4.52 Å². The van der Waals surface area contributed by atoms with Crippen molar-refractivity contribution in [3.8, 4) is 10.7 Å². The summed E-state index contributed by atoms with van der Waals surface area (Å²) in [6, 6.07) is 5.45. The summed E-state index contributed by atoms with van der Waals surface area (Å²) < 4.78 is 7.85. The highest BCUT2D eigenvalue weighted by Gasteiger charge is 2.12. The van der Waals surface area contributed by atoms with E-state index in [4.69, 9.17) is 4.52 Å². The van der Waals surface area contributed by atoms with Gasteiger partial charge in [0.15, 0.2) is 0 Å². The van der Waals surface area contributed by atoms with E-state index in [0.717, 1.165) is 4.88 Å². The molecular weight excluding hydrogens is 292 g/mol. The molecule has 4 aromatic rings. The Labute approximate surface area is 121 Å². The Morgan fingerprint density at radius 1 is 1.29 bits per heavy atom. The molecule has 0 radical (unpaired) electrons. The Bertz CT molecular complexity index is 952. The maximum atomic E-state index is 12.2. The molecule has 0 amide bonds. The third-order valence-corrected chi connectivity index (χ3v) is 3.78. The summed E-state index contributed by atoms with van der Waals surface area (Å²) in [6.07, 6.45) is 3.01. The molecule has 21 heavy (non-hydrogen) atoms. The maximum absolute atomic E-state index is 12.2. The topological polar surface area (TPSA) is 91.1 Å². The smallest absolute Gasteiger partial charge is 0.293 e. The van der Waals surface area contributed by atoms with Crippen molar-refractivity contribution >= 4 is 16.9 Å². The van der Waals surface area contributed by atoms with E-state index in [0.29, 0.717) is 17.2 Å². The second kappa shape index (κ2) is 4.63. The van der Waals surface area contributed by atoms with E-state index in [1.165, 1.54) is 26.9 Å². The minimum atomic E-state index is -0.258. The lowest BCUT2D eigenvalue weighted by Gasteiger charge is -2.00. The average Bonchev–Trinajstić information content (AvgIpc) is 3.21. The number of thiophene rings is 1. The molecule has 4 rings (SSSR count). The molecule has 0 aliphatic rings. The Hall–Kier alpha value is -2.81. The van der Waals surface area contributed by atoms with Crippen LogP contribution >= 0.6 is 11.3 Å². The lowest BCUT2D eigenvalue weighted by molar-refractivity contribution is 0.362. The second-order valence-corrected chi connectivity index (χ2v) is 5.19. The highest BCUT2D eigenvalue weighted by molar-refractivity contribution is 7.13. The van der Waals surface area contributed by atoms with Crippen LogP contribution in [0, 0.1) is 0 Å². The van der Waals surface area contributed by atoms with Gasteiger partial charge in [0, 0.05) is 0 Å². The SMILES string of the molecule is O=c1c2ccnn2cnn1Cc1nc(-c2cccs2)no1. The molecule has 0 aliphatic heterocycles. The summed E-state index contributed by atoms with van der Waals surface area (Å²) in [6.45, 7) is 0.124. The van der Waals surface area contributed by atoms with Crippen LogP contribution in [0.25, 0.3) is 16.2 Å². The zero-order chi connectivity index (χ0) is 14.2. The summed E-state index contributed by atoms with van der Waals surface area (Å²) >= 11 is 1.52. The quantitative estimate of drug-likeness (QED) is 0.561. The van der Waals surface area contributed by atoms with Gasteiger partial charge in [0.2, 0.25) is 11.7 Å². The van der Waals surface area contributed by atoms with Gasteiger partial charge in [-0.15, -0.1) is 11.3 Å². The summed E-state index contributed by atoms with van der Waals surface area (Å²) in [5.74, 6) is 0.843. The monoisotopic (exact) mass is 300 g/mol. The number of hydrogen-bond acceptors (Lipinski definition) is 7. The number of rotatable bonds is 3. The predicted molar refractivity (Wildman–Crippen MR) is 74.0 cm³/mol. The van der Waals surface area contributed by atoms with Gasteiger partial charge in [0.1, 0.15) is 18.4 Å². The normalized spacial score (nSPS) is 11.2. The van der Waals surface area contributed by atoms with E-state index in [1.54, 1.807) is 12.3 Å². The maximum Gasteiger partial charge on any atom is 0.293 e. The fraction of sp³-hybridized carbons (Fsp3) is 0.0833. The van der Waals surface area contributed by atoms with Gasteiger partial charge in [-0.25, -0.2) is 9.20 Å². The molecule has 0 N–H and O–H groups in total. The summed E-state index contributed by atoms with van der Waals surface area (Å²) in [5.41, 5.74) is 0.189. The zero-order valence-electron chi connectivity index (χ0n) is 10.6. The Morgan fingerprint density at radius 3 is 3.10 bits per heavy atom. The van der Waals surface area contributed by atoms with Crippen molar-refractivity contribution in [3.05, 3.63) is 52.3 Å². The van der Waals surface area contributed by atoms with Crippen molar-refractivity contribution < 1.29 is 4.52 Å². The predicted octanol–water partition coefficient (Wildman–Crippen LogP) is 1.05. The zero-order valence-corrected chi connectivity index (χ0v) is 11.4. The third kappa shape index (κ3) is 2.03. The first kappa shape index (κ1) is 12.0. The number of hydrogen-bond donors (Lipinski definition) is 0. The van der Waals surface area contributed by atoms with E-state index in [9.17, 15) is 4.79 Å². The van der Waals surface area contributed by atoms with E-state index >= 15 is 0 Å². The fourth-order valence-electron chi connectivity index (χ4n) is 1.94. The van der Waals surface area contributed by atoms with Crippen LogP contribution in [-0.4, -0.2) is 29.5 Å². The van der Waals surface area contributed by atoms with Crippen molar-refractivity contribution in [3.63, 3.8) is 0 Å². The lowest BCUT2D eigenvalue weighted by Crippen LogP contribution is -2.25. The Balaban J connectivity index is 1.68. The molecule has 0 atom stereocenters. The van der Waals surface area contributed by atoms with Gasteiger partial charge in [0.25, 0.3) is 5.56 Å². The molecule has 0 saturated heterocycles. The molecule has 4 heterocycles. The van der Waals surface area contributed by atoms with Crippen molar-refractivity contribution in [1.82, 2.24) is 29.5 Å². The standard InChI is InChI=1S/C12H8N6O2S/c19-12-8-3-4-13-18(8)7-14-17(12)6-10-15-11(16-20-10)9-2-1-5-21-9/h1-5,7H,6H2. The molecular formula is C12H8N6O2S. The molecule has 0 saturated carbocycles. The van der Waals surface area contributed by atoms with E-state index in [-0.39, 0.29) is 12.1 Å². The molecule has 0 spiro atoms. The van der Waals surface area contributed by atoms with Crippen LogP contribution < -0.4 is 5.56 Å². The van der Waals surface area contributed by atoms with Crippen LogP contribution in [0.4, 0.5) is 0 Å². The first-order valence-corrected chi connectivity index (χ1v) is 6.95. The van der Waals surface area contributed by atoms with Gasteiger partial charge in [-0.2, -0.15) is 15.2 Å². The second-order valence-electron chi connectivity index (χ2n) is 4.24. The van der Waals surface area contributed by atoms with Crippen LogP contribution in [0.5, 0.6) is 0 Å². The average molecular weight is 300 g/mol. The summed E-state index contributed by atoms with van der Waals surface area (Å²) in [7, 11) is 0. The molecule has 4 aromatic heterocycles. The molecule has 0 unspecified atom stereocenters. The highest BCUT2D eigenvalue weighted by Crippen LogP contribution is 2.21. The number of aromatic nitrogens is 6. The van der Waals surface area contributed by atoms with Gasteiger partial charge in [-0.3, -0.25) is 4.79 Å². The highest BCUT2D eigenvalue weighted by atomic mass is 32.1. The van der Waals surface area contributed by atoms with E-state index in [1.807, 2.05) is 17.5 Å². The fourth-order valence-corrected chi connectivity index (χ4v) is 2.59. The van der Waals surface area contributed by atoms with E-state index < -0.39 is 0 Å². The summed E-state index contributed by atoms with van der Waals surface area (Å²) in [5, 5.41) is 13.8. The minimum Gasteiger partial charge on any atom is -0.337 e. The molecule has 104 valence electrons. The van der Waals surface area contributed by atoms with Crippen LogP contribution in [0.3, 0.4) is 0 Å². The number of fused-ring (bicyclic) bond motifs is 1. The third-order valence-electron chi connectivity index (χ3n) is 2.92. The Kier molecular flexibility index (Phi) is 2.64. The lowest BCUT2D eigenvalue weighted by atomic mass is 10.4. The largest absolute Gasteiger partial charge is 0.337 e. The van der Waals surface area contributed by atoms with Crippen molar-refractivity contribution in [2.24, 2.45) is 0 Å². The van der Waals surface area contributed by atoms with E-state index in [2.05, 4.69) is 20.3 Å². The first-order chi connectivity index (χ1) is 10.3. The molecule has 8 nitrogen and oxygen atoms in total. The summed E-state index contributed by atoms with van der Waals surface area (Å²) in [4.78, 5) is 17.4.